The van der Waals surface area contributed by atoms with Crippen molar-refractivity contribution >= 4 is 33.3 Å². The number of nitrogens with one attached hydrogen (secondary N) is 1. The largest absolute Gasteiger partial charge is 0.490 e. The number of hydrogen-bond acceptors (Lipinski definition) is 5. The van der Waals surface area contributed by atoms with Crippen LogP contribution in [-0.4, -0.2) is 17.5 Å². The van der Waals surface area contributed by atoms with E-state index >= 15 is 0 Å². The zero-order chi connectivity index (χ0) is 15.5. The van der Waals surface area contributed by atoms with Crippen molar-refractivity contribution < 1.29 is 13.9 Å². The number of para-hydroxylation sites is 1. The summed E-state index contributed by atoms with van der Waals surface area (Å²) in [6.45, 7) is 4.32. The van der Waals surface area contributed by atoms with Crippen LogP contribution >= 0.6 is 11.3 Å². The second kappa shape index (κ2) is 6.19. The van der Waals surface area contributed by atoms with Gasteiger partial charge in [0.05, 0.1) is 6.61 Å². The molecule has 0 aliphatic rings. The van der Waals surface area contributed by atoms with Gasteiger partial charge in [-0.2, -0.15) is 0 Å². The fraction of sp³-hybridized carbons (Fsp3) is 0.250. The Bertz CT molecular complexity index is 807. The van der Waals surface area contributed by atoms with Crippen molar-refractivity contribution in [2.75, 3.05) is 11.9 Å². The predicted octanol–water partition coefficient (Wildman–Crippen LogP) is 4.30. The van der Waals surface area contributed by atoms with Gasteiger partial charge >= 0.3 is 0 Å². The van der Waals surface area contributed by atoms with Gasteiger partial charge in [0.15, 0.2) is 22.2 Å². The average molecular weight is 316 g/mol. The molecule has 0 radical (unpaired) electrons. The molecule has 1 N–H and O–H groups in total. The molecule has 0 saturated carbocycles. The van der Waals surface area contributed by atoms with E-state index in [4.69, 9.17) is 9.15 Å². The molecular weight excluding hydrogens is 300 g/mol. The van der Waals surface area contributed by atoms with Crippen molar-refractivity contribution in [2.45, 2.75) is 20.3 Å². The first kappa shape index (κ1) is 14.6. The Kier molecular flexibility index (Phi) is 4.11. The number of carbonyl (C=O) groups is 1. The van der Waals surface area contributed by atoms with E-state index in [-0.39, 0.29) is 5.91 Å². The number of amides is 1. The van der Waals surface area contributed by atoms with Crippen LogP contribution in [0.25, 0.3) is 22.4 Å². The molecule has 1 amide bonds. The highest BCUT2D eigenvalue weighted by atomic mass is 32.1. The number of rotatable bonds is 5. The zero-order valence-corrected chi connectivity index (χ0v) is 13.2. The third-order valence-electron chi connectivity index (χ3n) is 3.13. The van der Waals surface area contributed by atoms with Gasteiger partial charge < -0.3 is 14.5 Å². The van der Waals surface area contributed by atoms with Gasteiger partial charge in [0, 0.05) is 17.2 Å². The third kappa shape index (κ3) is 2.82. The number of hydrogen-bond donors (Lipinski definition) is 1. The summed E-state index contributed by atoms with van der Waals surface area (Å²) in [4.78, 5) is 15.8. The highest BCUT2D eigenvalue weighted by molar-refractivity contribution is 7.14. The fourth-order valence-corrected chi connectivity index (χ4v) is 2.80. The average Bonchev–Trinajstić information content (AvgIpc) is 3.14. The third-order valence-corrected chi connectivity index (χ3v) is 3.89. The van der Waals surface area contributed by atoms with Gasteiger partial charge in [-0.3, -0.25) is 4.79 Å². The lowest BCUT2D eigenvalue weighted by atomic mass is 10.2. The highest BCUT2D eigenvalue weighted by Crippen LogP contribution is 2.34. The van der Waals surface area contributed by atoms with E-state index in [9.17, 15) is 4.79 Å². The maximum absolute atomic E-state index is 11.4. The number of thiazole rings is 1. The van der Waals surface area contributed by atoms with Crippen LogP contribution in [0, 0.1) is 0 Å². The first-order valence-electron chi connectivity index (χ1n) is 7.12. The summed E-state index contributed by atoms with van der Waals surface area (Å²) in [5, 5.41) is 6.16. The van der Waals surface area contributed by atoms with E-state index < -0.39 is 0 Å². The second-order valence-corrected chi connectivity index (χ2v) is 5.52. The Labute approximate surface area is 131 Å². The van der Waals surface area contributed by atoms with Crippen LogP contribution in [0.4, 0.5) is 5.13 Å². The van der Waals surface area contributed by atoms with Crippen LogP contribution in [0.2, 0.25) is 0 Å². The molecular formula is C16H16N2O3S. The van der Waals surface area contributed by atoms with Crippen molar-refractivity contribution in [2.24, 2.45) is 0 Å². The lowest BCUT2D eigenvalue weighted by molar-refractivity contribution is -0.115. The summed E-state index contributed by atoms with van der Waals surface area (Å²) in [5.41, 5.74) is 1.42. The molecule has 1 aromatic carbocycles. The van der Waals surface area contributed by atoms with Gasteiger partial charge in [-0.1, -0.05) is 19.1 Å². The lowest BCUT2D eigenvalue weighted by Gasteiger charge is -2.02. The van der Waals surface area contributed by atoms with Crippen molar-refractivity contribution in [1.29, 1.82) is 0 Å². The Morgan fingerprint density at radius 3 is 3.05 bits per heavy atom. The molecule has 0 spiro atoms. The number of aromatic nitrogens is 1. The number of carbonyl (C=O) groups excluding carboxylic acids is 1. The van der Waals surface area contributed by atoms with Crippen LogP contribution < -0.4 is 10.1 Å². The maximum Gasteiger partial charge on any atom is 0.225 e. The SMILES string of the molecule is CCOc1cccc2cc(-c3csc(NC(=O)CC)n3)oc12. The first-order chi connectivity index (χ1) is 10.7. The number of furan rings is 1. The van der Waals surface area contributed by atoms with Crippen molar-refractivity contribution in [3.05, 3.63) is 29.6 Å². The molecule has 114 valence electrons. The number of fused-ring (bicyclic) bond motifs is 1. The number of benzene rings is 1. The molecule has 0 unspecified atom stereocenters. The van der Waals surface area contributed by atoms with E-state index in [1.165, 1.54) is 11.3 Å². The topological polar surface area (TPSA) is 64.4 Å². The van der Waals surface area contributed by atoms with Gasteiger partial charge in [-0.15, -0.1) is 11.3 Å². The van der Waals surface area contributed by atoms with Crippen LogP contribution in [0.1, 0.15) is 20.3 Å². The molecule has 2 aromatic heterocycles. The Balaban J connectivity index is 1.93. The molecule has 0 bridgehead atoms. The van der Waals surface area contributed by atoms with E-state index in [0.717, 1.165) is 11.1 Å². The minimum absolute atomic E-state index is 0.0517. The molecule has 6 heteroatoms. The van der Waals surface area contributed by atoms with E-state index in [1.807, 2.05) is 36.6 Å². The molecule has 5 nitrogen and oxygen atoms in total. The maximum atomic E-state index is 11.4. The van der Waals surface area contributed by atoms with Crippen LogP contribution in [0.5, 0.6) is 5.75 Å². The molecule has 0 saturated heterocycles. The molecule has 3 rings (SSSR count). The summed E-state index contributed by atoms with van der Waals surface area (Å²) in [7, 11) is 0. The van der Waals surface area contributed by atoms with Crippen LogP contribution in [-0.2, 0) is 4.79 Å². The Hall–Kier alpha value is -2.34. The smallest absolute Gasteiger partial charge is 0.225 e. The molecule has 22 heavy (non-hydrogen) atoms. The molecule has 0 aliphatic heterocycles. The van der Waals surface area contributed by atoms with Crippen molar-refractivity contribution in [3.63, 3.8) is 0 Å². The molecule has 0 atom stereocenters. The van der Waals surface area contributed by atoms with Crippen molar-refractivity contribution in [3.8, 4) is 17.2 Å². The van der Waals surface area contributed by atoms with Crippen LogP contribution in [0.15, 0.2) is 34.1 Å². The van der Waals surface area contributed by atoms with Gasteiger partial charge in [0.2, 0.25) is 5.91 Å². The normalized spacial score (nSPS) is 10.8. The molecule has 3 aromatic rings. The zero-order valence-electron chi connectivity index (χ0n) is 12.4. The quantitative estimate of drug-likeness (QED) is 0.762. The second-order valence-electron chi connectivity index (χ2n) is 4.66. The Morgan fingerprint density at radius 1 is 1.41 bits per heavy atom. The standard InChI is InChI=1S/C16H16N2O3S/c1-3-14(19)18-16-17-11(9-22-16)13-8-10-6-5-7-12(20-4-2)15(10)21-13/h5-9H,3-4H2,1-2H3,(H,17,18,19). The van der Waals surface area contributed by atoms with Gasteiger partial charge in [0.25, 0.3) is 0 Å². The number of nitrogens with zero attached hydrogens (tertiary/aromatic N) is 1. The summed E-state index contributed by atoms with van der Waals surface area (Å²) in [6.07, 6.45) is 0.428. The summed E-state index contributed by atoms with van der Waals surface area (Å²) >= 11 is 1.38. The summed E-state index contributed by atoms with van der Waals surface area (Å²) < 4.78 is 11.5. The first-order valence-corrected chi connectivity index (χ1v) is 8.00. The van der Waals surface area contributed by atoms with Gasteiger partial charge in [-0.25, -0.2) is 4.98 Å². The monoisotopic (exact) mass is 316 g/mol. The predicted molar refractivity (Wildman–Crippen MR) is 87.4 cm³/mol. The lowest BCUT2D eigenvalue weighted by Crippen LogP contribution is -2.08. The minimum atomic E-state index is -0.0517. The summed E-state index contributed by atoms with van der Waals surface area (Å²) in [6, 6.07) is 7.71. The number of anilines is 1. The van der Waals surface area contributed by atoms with Gasteiger partial charge in [0.1, 0.15) is 5.69 Å². The molecule has 2 heterocycles. The summed E-state index contributed by atoms with van der Waals surface area (Å²) in [5.74, 6) is 1.33. The molecule has 0 fully saturated rings. The minimum Gasteiger partial charge on any atom is -0.490 e. The van der Waals surface area contributed by atoms with E-state index in [2.05, 4.69) is 10.3 Å². The Morgan fingerprint density at radius 2 is 2.27 bits per heavy atom. The van der Waals surface area contributed by atoms with Crippen LogP contribution in [0.3, 0.4) is 0 Å². The van der Waals surface area contributed by atoms with Gasteiger partial charge in [-0.05, 0) is 19.1 Å². The van der Waals surface area contributed by atoms with E-state index in [0.29, 0.717) is 35.2 Å². The molecule has 0 aliphatic carbocycles. The van der Waals surface area contributed by atoms with Crippen molar-refractivity contribution in [1.82, 2.24) is 4.98 Å². The van der Waals surface area contributed by atoms with E-state index in [1.54, 1.807) is 6.92 Å². The highest BCUT2D eigenvalue weighted by Gasteiger charge is 2.13. The number of ether oxygens (including phenoxy) is 1. The fourth-order valence-electron chi connectivity index (χ4n) is 2.08.